The van der Waals surface area contributed by atoms with Crippen LogP contribution in [0.15, 0.2) is 5.16 Å². The van der Waals surface area contributed by atoms with Crippen molar-refractivity contribution in [3.63, 3.8) is 0 Å². The van der Waals surface area contributed by atoms with Crippen molar-refractivity contribution in [2.75, 3.05) is 13.2 Å². The number of amidine groups is 1. The smallest absolute Gasteiger partial charge is 0.156 e. The van der Waals surface area contributed by atoms with E-state index in [9.17, 15) is 0 Å². The predicted octanol–water partition coefficient (Wildman–Crippen LogP) is 1.06. The van der Waals surface area contributed by atoms with Gasteiger partial charge in [0, 0.05) is 6.54 Å². The van der Waals surface area contributed by atoms with Crippen LogP contribution < -0.4 is 11.1 Å². The van der Waals surface area contributed by atoms with Crippen LogP contribution in [0, 0.1) is 0 Å². The van der Waals surface area contributed by atoms with Crippen molar-refractivity contribution in [2.24, 2.45) is 10.9 Å². The Morgan fingerprint density at radius 3 is 2.81 bits per heavy atom. The van der Waals surface area contributed by atoms with Crippen molar-refractivity contribution in [2.45, 2.75) is 51.2 Å². The molecular formula is C11H23N3O2. The van der Waals surface area contributed by atoms with E-state index in [-0.39, 0.29) is 11.9 Å². The fourth-order valence-corrected chi connectivity index (χ4v) is 1.92. The molecule has 0 saturated heterocycles. The van der Waals surface area contributed by atoms with E-state index in [0.717, 1.165) is 6.54 Å². The summed E-state index contributed by atoms with van der Waals surface area (Å²) in [5.41, 5.74) is 5.44. The van der Waals surface area contributed by atoms with Crippen molar-refractivity contribution in [1.82, 2.24) is 5.32 Å². The van der Waals surface area contributed by atoms with Gasteiger partial charge >= 0.3 is 0 Å². The molecule has 5 heteroatoms. The van der Waals surface area contributed by atoms with Gasteiger partial charge in [0.05, 0.1) is 18.8 Å². The maximum atomic E-state index is 8.46. The topological polar surface area (TPSA) is 79.9 Å². The molecule has 1 saturated carbocycles. The summed E-state index contributed by atoms with van der Waals surface area (Å²) in [6, 6.07) is -0.111. The Bertz CT molecular complexity index is 215. The summed E-state index contributed by atoms with van der Waals surface area (Å²) >= 11 is 0. The number of ether oxygens (including phenoxy) is 1. The minimum Gasteiger partial charge on any atom is -0.409 e. The number of rotatable bonds is 6. The molecule has 0 spiro atoms. The van der Waals surface area contributed by atoms with E-state index in [4.69, 9.17) is 15.7 Å². The maximum absolute atomic E-state index is 8.46. The van der Waals surface area contributed by atoms with E-state index in [1.54, 1.807) is 0 Å². The van der Waals surface area contributed by atoms with Gasteiger partial charge in [0.25, 0.3) is 0 Å². The minimum atomic E-state index is -0.111. The SMILES string of the molecule is CC(NCCOC1CCCCC1)C(N)=NO. The van der Waals surface area contributed by atoms with E-state index in [0.29, 0.717) is 12.7 Å². The van der Waals surface area contributed by atoms with Crippen molar-refractivity contribution in [3.8, 4) is 0 Å². The van der Waals surface area contributed by atoms with Gasteiger partial charge < -0.3 is 21.0 Å². The molecule has 1 atom stereocenters. The number of nitrogens with one attached hydrogen (secondary N) is 1. The first-order valence-electron chi connectivity index (χ1n) is 6.06. The molecule has 0 aromatic carbocycles. The Labute approximate surface area is 97.0 Å². The van der Waals surface area contributed by atoms with Gasteiger partial charge in [-0.15, -0.1) is 0 Å². The van der Waals surface area contributed by atoms with Crippen LogP contribution in [0.5, 0.6) is 0 Å². The summed E-state index contributed by atoms with van der Waals surface area (Å²) in [4.78, 5) is 0. The summed E-state index contributed by atoms with van der Waals surface area (Å²) in [5.74, 6) is 0.206. The zero-order valence-electron chi connectivity index (χ0n) is 9.98. The van der Waals surface area contributed by atoms with Crippen LogP contribution >= 0.6 is 0 Å². The summed E-state index contributed by atoms with van der Waals surface area (Å²) < 4.78 is 5.74. The molecule has 0 aromatic rings. The molecule has 0 bridgehead atoms. The van der Waals surface area contributed by atoms with Gasteiger partial charge in [0.2, 0.25) is 0 Å². The van der Waals surface area contributed by atoms with Crippen LogP contribution in [0.2, 0.25) is 0 Å². The van der Waals surface area contributed by atoms with E-state index in [1.165, 1.54) is 32.1 Å². The van der Waals surface area contributed by atoms with Crippen LogP contribution in [0.3, 0.4) is 0 Å². The van der Waals surface area contributed by atoms with E-state index in [2.05, 4.69) is 10.5 Å². The fraction of sp³-hybridized carbons (Fsp3) is 0.909. The highest BCUT2D eigenvalue weighted by molar-refractivity contribution is 5.84. The second-order valence-electron chi connectivity index (χ2n) is 4.33. The first-order valence-corrected chi connectivity index (χ1v) is 6.06. The molecule has 16 heavy (non-hydrogen) atoms. The van der Waals surface area contributed by atoms with Crippen LogP contribution in [0.25, 0.3) is 0 Å². The Hall–Kier alpha value is -0.810. The Balaban J connectivity index is 2.02. The zero-order valence-corrected chi connectivity index (χ0v) is 9.98. The molecule has 0 aromatic heterocycles. The molecule has 94 valence electrons. The standard InChI is InChI=1S/C11H23N3O2/c1-9(11(12)14-15)13-7-8-16-10-5-3-2-4-6-10/h9-10,13,15H,2-8H2,1H3,(H2,12,14). The minimum absolute atomic E-state index is 0.111. The number of hydrogen-bond acceptors (Lipinski definition) is 4. The van der Waals surface area contributed by atoms with Crippen LogP contribution in [0.4, 0.5) is 0 Å². The quantitative estimate of drug-likeness (QED) is 0.209. The first kappa shape index (κ1) is 13.3. The van der Waals surface area contributed by atoms with E-state index >= 15 is 0 Å². The average Bonchev–Trinajstić information content (AvgIpc) is 2.34. The number of nitrogens with two attached hydrogens (primary N) is 1. The van der Waals surface area contributed by atoms with Crippen LogP contribution in [-0.2, 0) is 4.74 Å². The molecule has 1 aliphatic carbocycles. The molecule has 0 radical (unpaired) electrons. The maximum Gasteiger partial charge on any atom is 0.156 e. The summed E-state index contributed by atoms with van der Waals surface area (Å²) in [6.07, 6.45) is 6.75. The monoisotopic (exact) mass is 229 g/mol. The average molecular weight is 229 g/mol. The van der Waals surface area contributed by atoms with Gasteiger partial charge in [-0.25, -0.2) is 0 Å². The number of oxime groups is 1. The summed E-state index contributed by atoms with van der Waals surface area (Å²) in [7, 11) is 0. The third-order valence-electron chi connectivity index (χ3n) is 3.02. The lowest BCUT2D eigenvalue weighted by molar-refractivity contribution is 0.0301. The highest BCUT2D eigenvalue weighted by Crippen LogP contribution is 2.19. The van der Waals surface area contributed by atoms with E-state index < -0.39 is 0 Å². The van der Waals surface area contributed by atoms with Gasteiger partial charge in [0.15, 0.2) is 5.84 Å². The summed E-state index contributed by atoms with van der Waals surface area (Å²) in [6.45, 7) is 3.28. The normalized spacial score (nSPS) is 20.9. The molecule has 4 N–H and O–H groups in total. The van der Waals surface area contributed by atoms with Gasteiger partial charge in [-0.1, -0.05) is 24.4 Å². The lowest BCUT2D eigenvalue weighted by Gasteiger charge is -2.22. The van der Waals surface area contributed by atoms with Crippen LogP contribution in [0.1, 0.15) is 39.0 Å². The molecule has 5 nitrogen and oxygen atoms in total. The predicted molar refractivity (Wildman–Crippen MR) is 63.7 cm³/mol. The lowest BCUT2D eigenvalue weighted by atomic mass is 9.98. The van der Waals surface area contributed by atoms with Gasteiger partial charge in [-0.05, 0) is 19.8 Å². The van der Waals surface area contributed by atoms with Crippen molar-refractivity contribution >= 4 is 5.84 Å². The lowest BCUT2D eigenvalue weighted by Crippen LogP contribution is -2.40. The van der Waals surface area contributed by atoms with Gasteiger partial charge in [-0.2, -0.15) is 0 Å². The van der Waals surface area contributed by atoms with Crippen LogP contribution in [-0.4, -0.2) is 36.3 Å². The van der Waals surface area contributed by atoms with Crippen molar-refractivity contribution in [1.29, 1.82) is 0 Å². The third-order valence-corrected chi connectivity index (χ3v) is 3.02. The van der Waals surface area contributed by atoms with Gasteiger partial charge in [0.1, 0.15) is 0 Å². The Kier molecular flexibility index (Phi) is 6.18. The number of hydrogen-bond donors (Lipinski definition) is 3. The van der Waals surface area contributed by atoms with E-state index in [1.807, 2.05) is 6.92 Å². The molecule has 1 rings (SSSR count). The molecule has 0 heterocycles. The fourth-order valence-electron chi connectivity index (χ4n) is 1.92. The molecule has 1 aliphatic rings. The largest absolute Gasteiger partial charge is 0.409 e. The molecule has 1 unspecified atom stereocenters. The molecule has 0 aliphatic heterocycles. The Morgan fingerprint density at radius 1 is 1.50 bits per heavy atom. The second kappa shape index (κ2) is 7.46. The molecule has 0 amide bonds. The Morgan fingerprint density at radius 2 is 2.19 bits per heavy atom. The summed E-state index contributed by atoms with van der Waals surface area (Å²) in [5, 5.41) is 14.5. The highest BCUT2D eigenvalue weighted by atomic mass is 16.5. The molecule has 1 fully saturated rings. The highest BCUT2D eigenvalue weighted by Gasteiger charge is 2.13. The van der Waals surface area contributed by atoms with Crippen molar-refractivity contribution < 1.29 is 9.94 Å². The first-order chi connectivity index (χ1) is 7.74. The van der Waals surface area contributed by atoms with Crippen molar-refractivity contribution in [3.05, 3.63) is 0 Å². The third kappa shape index (κ3) is 4.81. The second-order valence-corrected chi connectivity index (χ2v) is 4.33. The molecular weight excluding hydrogens is 206 g/mol. The zero-order chi connectivity index (χ0) is 11.8. The van der Waals surface area contributed by atoms with Gasteiger partial charge in [-0.3, -0.25) is 0 Å². The number of nitrogens with zero attached hydrogens (tertiary/aromatic N) is 1.